The van der Waals surface area contributed by atoms with Crippen LogP contribution in [0.3, 0.4) is 0 Å². The molecule has 2 N–H and O–H groups in total. The van der Waals surface area contributed by atoms with Crippen LogP contribution in [-0.2, 0) is 9.59 Å². The van der Waals surface area contributed by atoms with Crippen LogP contribution in [0.5, 0.6) is 5.75 Å². The summed E-state index contributed by atoms with van der Waals surface area (Å²) in [5, 5.41) is 3.09. The maximum Gasteiger partial charge on any atom is 0.227 e. The number of para-hydroxylation sites is 4. The van der Waals surface area contributed by atoms with Crippen LogP contribution in [0, 0.1) is 5.92 Å². The molecule has 0 aliphatic carbocycles. The number of anilines is 1. The molecular formula is C24H28N4O3. The molecule has 1 aliphatic rings. The average Bonchev–Trinajstić information content (AvgIpc) is 3.24. The first-order chi connectivity index (χ1) is 15.1. The van der Waals surface area contributed by atoms with Crippen LogP contribution in [0.1, 0.15) is 45.0 Å². The molecule has 162 valence electrons. The smallest absolute Gasteiger partial charge is 0.227 e. The number of ether oxygens (including phenoxy) is 1. The van der Waals surface area contributed by atoms with E-state index >= 15 is 0 Å². The molecule has 0 saturated carbocycles. The zero-order valence-electron chi connectivity index (χ0n) is 17.9. The summed E-state index contributed by atoms with van der Waals surface area (Å²) < 4.78 is 5.61. The fourth-order valence-electron chi connectivity index (χ4n) is 3.87. The monoisotopic (exact) mass is 420 g/mol. The molecule has 7 heteroatoms. The van der Waals surface area contributed by atoms with E-state index in [1.54, 1.807) is 4.90 Å². The lowest BCUT2D eigenvalue weighted by Crippen LogP contribution is -2.39. The van der Waals surface area contributed by atoms with Gasteiger partial charge in [-0.2, -0.15) is 0 Å². The third-order valence-electron chi connectivity index (χ3n) is 5.83. The summed E-state index contributed by atoms with van der Waals surface area (Å²) in [5.41, 5.74) is 2.58. The number of aromatic nitrogens is 2. The lowest BCUT2D eigenvalue weighted by atomic mass is 9.98. The van der Waals surface area contributed by atoms with E-state index in [0.717, 1.165) is 29.0 Å². The van der Waals surface area contributed by atoms with Gasteiger partial charge in [-0.05, 0) is 30.2 Å². The molecule has 0 radical (unpaired) electrons. The number of imidazole rings is 1. The average molecular weight is 421 g/mol. The van der Waals surface area contributed by atoms with Crippen LogP contribution >= 0.6 is 0 Å². The van der Waals surface area contributed by atoms with Crippen LogP contribution in [-0.4, -0.2) is 34.9 Å². The first-order valence-corrected chi connectivity index (χ1v) is 10.8. The van der Waals surface area contributed by atoms with E-state index in [9.17, 15) is 9.59 Å². The van der Waals surface area contributed by atoms with Crippen molar-refractivity contribution >= 4 is 28.5 Å². The second kappa shape index (κ2) is 9.20. The van der Waals surface area contributed by atoms with Gasteiger partial charge in [0.25, 0.3) is 0 Å². The van der Waals surface area contributed by atoms with E-state index < -0.39 is 0 Å². The molecule has 1 aliphatic heterocycles. The molecule has 2 atom stereocenters. The van der Waals surface area contributed by atoms with Crippen molar-refractivity contribution in [1.82, 2.24) is 15.3 Å². The molecule has 2 unspecified atom stereocenters. The van der Waals surface area contributed by atoms with Crippen molar-refractivity contribution in [3.8, 4) is 5.75 Å². The van der Waals surface area contributed by atoms with Gasteiger partial charge in [0, 0.05) is 12.8 Å². The predicted molar refractivity (Wildman–Crippen MR) is 120 cm³/mol. The third-order valence-corrected chi connectivity index (χ3v) is 5.83. The van der Waals surface area contributed by atoms with Gasteiger partial charge in [-0.1, -0.05) is 44.5 Å². The fourth-order valence-corrected chi connectivity index (χ4v) is 3.87. The number of H-pyrrole nitrogens is 1. The maximum atomic E-state index is 12.8. The van der Waals surface area contributed by atoms with Gasteiger partial charge in [0.2, 0.25) is 11.8 Å². The first kappa shape index (κ1) is 20.9. The molecule has 4 rings (SSSR count). The first-order valence-electron chi connectivity index (χ1n) is 10.8. The second-order valence-corrected chi connectivity index (χ2v) is 7.93. The highest BCUT2D eigenvalue weighted by molar-refractivity contribution is 5.97. The van der Waals surface area contributed by atoms with Gasteiger partial charge >= 0.3 is 0 Å². The van der Waals surface area contributed by atoms with Crippen LogP contribution in [0.4, 0.5) is 5.69 Å². The number of amides is 2. The Morgan fingerprint density at radius 3 is 2.74 bits per heavy atom. The summed E-state index contributed by atoms with van der Waals surface area (Å²) in [6.45, 7) is 5.13. The van der Waals surface area contributed by atoms with E-state index in [2.05, 4.69) is 29.1 Å². The Bertz CT molecular complexity index is 1040. The van der Waals surface area contributed by atoms with Crippen molar-refractivity contribution in [1.29, 1.82) is 0 Å². The fraction of sp³-hybridized carbons (Fsp3) is 0.375. The van der Waals surface area contributed by atoms with Gasteiger partial charge in [-0.3, -0.25) is 9.59 Å². The number of benzene rings is 2. The topological polar surface area (TPSA) is 87.3 Å². The molecule has 0 spiro atoms. The Hall–Kier alpha value is -3.35. The SMILES string of the molecule is CCC(C)C(NC(=O)CCC(=O)N1CCOc2ccccc21)c1nc2ccccc2[nH]1. The number of aromatic amines is 1. The minimum atomic E-state index is -0.232. The highest BCUT2D eigenvalue weighted by Gasteiger charge is 2.26. The largest absolute Gasteiger partial charge is 0.490 e. The number of nitrogens with one attached hydrogen (secondary N) is 2. The number of fused-ring (bicyclic) bond motifs is 2. The molecule has 7 nitrogen and oxygen atoms in total. The standard InChI is InChI=1S/C24H28N4O3/c1-3-16(2)23(24-25-17-8-4-5-9-18(17)26-24)27-21(29)12-13-22(30)28-14-15-31-20-11-7-6-10-19(20)28/h4-11,16,23H,3,12-15H2,1-2H3,(H,25,26)(H,27,29). The summed E-state index contributed by atoms with van der Waals surface area (Å²) in [4.78, 5) is 35.3. The van der Waals surface area contributed by atoms with Gasteiger partial charge < -0.3 is 19.9 Å². The lowest BCUT2D eigenvalue weighted by molar-refractivity contribution is -0.126. The Morgan fingerprint density at radius 1 is 1.16 bits per heavy atom. The van der Waals surface area contributed by atoms with Gasteiger partial charge in [-0.15, -0.1) is 0 Å². The van der Waals surface area contributed by atoms with Gasteiger partial charge in [0.15, 0.2) is 0 Å². The zero-order chi connectivity index (χ0) is 21.8. The maximum absolute atomic E-state index is 12.8. The van der Waals surface area contributed by atoms with E-state index in [0.29, 0.717) is 18.9 Å². The van der Waals surface area contributed by atoms with Crippen LogP contribution in [0.2, 0.25) is 0 Å². The Kier molecular flexibility index (Phi) is 6.21. The van der Waals surface area contributed by atoms with E-state index in [1.807, 2.05) is 48.5 Å². The van der Waals surface area contributed by atoms with E-state index in [1.165, 1.54) is 0 Å². The normalized spacial score (nSPS) is 15.1. The lowest BCUT2D eigenvalue weighted by Gasteiger charge is -2.29. The minimum Gasteiger partial charge on any atom is -0.490 e. The van der Waals surface area contributed by atoms with Crippen LogP contribution in [0.15, 0.2) is 48.5 Å². The molecular weight excluding hydrogens is 392 g/mol. The van der Waals surface area contributed by atoms with Crippen LogP contribution < -0.4 is 15.0 Å². The Morgan fingerprint density at radius 2 is 1.94 bits per heavy atom. The van der Waals surface area contributed by atoms with Gasteiger partial charge in [0.05, 0.1) is 29.3 Å². The van der Waals surface area contributed by atoms with Gasteiger partial charge in [-0.25, -0.2) is 4.98 Å². The van der Waals surface area contributed by atoms with Crippen molar-refractivity contribution in [2.75, 3.05) is 18.1 Å². The van der Waals surface area contributed by atoms with Crippen molar-refractivity contribution in [2.45, 2.75) is 39.2 Å². The quantitative estimate of drug-likeness (QED) is 0.605. The van der Waals surface area contributed by atoms with Gasteiger partial charge in [0.1, 0.15) is 18.2 Å². The number of nitrogens with zero attached hydrogens (tertiary/aromatic N) is 2. The van der Waals surface area contributed by atoms with Crippen molar-refractivity contribution in [3.05, 3.63) is 54.4 Å². The minimum absolute atomic E-state index is 0.0743. The van der Waals surface area contributed by atoms with Crippen molar-refractivity contribution in [2.24, 2.45) is 5.92 Å². The van der Waals surface area contributed by atoms with Crippen LogP contribution in [0.25, 0.3) is 11.0 Å². The predicted octanol–water partition coefficient (Wildman–Crippen LogP) is 3.97. The molecule has 2 heterocycles. The summed E-state index contributed by atoms with van der Waals surface area (Å²) in [7, 11) is 0. The van der Waals surface area contributed by atoms with E-state index in [4.69, 9.17) is 4.74 Å². The Balaban J connectivity index is 1.41. The molecule has 0 saturated heterocycles. The van der Waals surface area contributed by atoms with Crippen molar-refractivity contribution < 1.29 is 14.3 Å². The zero-order valence-corrected chi connectivity index (χ0v) is 17.9. The summed E-state index contributed by atoms with van der Waals surface area (Å²) in [5.74, 6) is 1.42. The summed E-state index contributed by atoms with van der Waals surface area (Å²) >= 11 is 0. The van der Waals surface area contributed by atoms with E-state index in [-0.39, 0.29) is 36.6 Å². The van der Waals surface area contributed by atoms with Crippen molar-refractivity contribution in [3.63, 3.8) is 0 Å². The summed E-state index contributed by atoms with van der Waals surface area (Å²) in [6, 6.07) is 15.1. The molecule has 2 aromatic carbocycles. The molecule has 2 amide bonds. The Labute approximate surface area is 181 Å². The molecule has 0 fully saturated rings. The highest BCUT2D eigenvalue weighted by Crippen LogP contribution is 2.31. The highest BCUT2D eigenvalue weighted by atomic mass is 16.5. The molecule has 31 heavy (non-hydrogen) atoms. The summed E-state index contributed by atoms with van der Waals surface area (Å²) in [6.07, 6.45) is 1.17. The third kappa shape index (κ3) is 4.55. The number of hydrogen-bond donors (Lipinski definition) is 2. The molecule has 1 aromatic heterocycles. The number of hydrogen-bond acceptors (Lipinski definition) is 4. The molecule has 0 bridgehead atoms. The number of rotatable bonds is 7. The number of carbonyl (C=O) groups is 2. The number of carbonyl (C=O) groups excluding carboxylic acids is 2. The second-order valence-electron chi connectivity index (χ2n) is 7.93. The molecule has 3 aromatic rings.